The number of hydrogen-bond donors (Lipinski definition) is 1. The van der Waals surface area contributed by atoms with Gasteiger partial charge in [-0.1, -0.05) is 35.3 Å². The second-order valence-corrected chi connectivity index (χ2v) is 5.75. The Labute approximate surface area is 141 Å². The van der Waals surface area contributed by atoms with Crippen molar-refractivity contribution in [2.45, 2.75) is 0 Å². The van der Waals surface area contributed by atoms with E-state index < -0.39 is 0 Å². The van der Waals surface area contributed by atoms with Gasteiger partial charge in [0.2, 0.25) is 0 Å². The molecule has 0 aliphatic carbocycles. The molecule has 5 nitrogen and oxygen atoms in total. The summed E-state index contributed by atoms with van der Waals surface area (Å²) in [5.41, 5.74) is 4.76. The van der Waals surface area contributed by atoms with Gasteiger partial charge in [-0.2, -0.15) is 15.4 Å². The summed E-state index contributed by atoms with van der Waals surface area (Å²) in [4.78, 5) is 8.56. The van der Waals surface area contributed by atoms with Gasteiger partial charge in [0.1, 0.15) is 17.4 Å². The van der Waals surface area contributed by atoms with Crippen LogP contribution in [0.25, 0.3) is 33.4 Å². The largest absolute Gasteiger partial charge is 0.244 e. The van der Waals surface area contributed by atoms with Crippen LogP contribution in [0.4, 0.5) is 0 Å². The van der Waals surface area contributed by atoms with Crippen LogP contribution in [0.2, 0.25) is 10.0 Å². The van der Waals surface area contributed by atoms with Crippen LogP contribution in [-0.4, -0.2) is 25.4 Å². The molecular formula is C16H9Cl2N5. The van der Waals surface area contributed by atoms with Gasteiger partial charge in [-0.3, -0.25) is 0 Å². The Morgan fingerprint density at radius 2 is 1.83 bits per heavy atom. The van der Waals surface area contributed by atoms with Crippen molar-refractivity contribution in [1.82, 2.24) is 25.4 Å². The topological polar surface area (TPSA) is 67.3 Å². The minimum atomic E-state index is 0.532. The Kier molecular flexibility index (Phi) is 3.44. The van der Waals surface area contributed by atoms with E-state index in [1.165, 1.54) is 6.33 Å². The summed E-state index contributed by atoms with van der Waals surface area (Å²) in [6.45, 7) is 0. The van der Waals surface area contributed by atoms with Gasteiger partial charge < -0.3 is 0 Å². The Bertz CT molecular complexity index is 1010. The van der Waals surface area contributed by atoms with Crippen LogP contribution in [-0.2, 0) is 0 Å². The zero-order valence-corrected chi connectivity index (χ0v) is 13.2. The number of para-hydroxylation sites is 1. The highest BCUT2D eigenvalue weighted by Crippen LogP contribution is 2.36. The highest BCUT2D eigenvalue weighted by molar-refractivity contribution is 6.36. The number of benzene rings is 2. The number of hydrogen-bond acceptors (Lipinski definition) is 4. The number of aromatic nitrogens is 5. The molecule has 23 heavy (non-hydrogen) atoms. The summed E-state index contributed by atoms with van der Waals surface area (Å²) in [6, 6.07) is 11.1. The molecule has 2 aromatic heterocycles. The quantitative estimate of drug-likeness (QED) is 0.587. The van der Waals surface area contributed by atoms with E-state index in [0.29, 0.717) is 10.0 Å². The molecule has 2 aromatic carbocycles. The van der Waals surface area contributed by atoms with Gasteiger partial charge in [0.05, 0.1) is 10.7 Å². The van der Waals surface area contributed by atoms with Crippen LogP contribution in [0.3, 0.4) is 0 Å². The third kappa shape index (κ3) is 2.44. The Morgan fingerprint density at radius 3 is 2.70 bits per heavy atom. The van der Waals surface area contributed by atoms with Crippen molar-refractivity contribution in [2.75, 3.05) is 0 Å². The number of aromatic amines is 1. The fourth-order valence-corrected chi connectivity index (χ4v) is 3.01. The van der Waals surface area contributed by atoms with Crippen molar-refractivity contribution in [3.8, 4) is 22.4 Å². The fourth-order valence-electron chi connectivity index (χ4n) is 2.51. The maximum atomic E-state index is 6.34. The zero-order valence-electron chi connectivity index (χ0n) is 11.7. The van der Waals surface area contributed by atoms with Crippen molar-refractivity contribution in [3.63, 3.8) is 0 Å². The van der Waals surface area contributed by atoms with E-state index in [0.717, 1.165) is 33.4 Å². The van der Waals surface area contributed by atoms with Crippen LogP contribution < -0.4 is 0 Å². The molecular weight excluding hydrogens is 333 g/mol. The molecule has 0 amide bonds. The lowest BCUT2D eigenvalue weighted by Gasteiger charge is -2.10. The number of nitrogens with one attached hydrogen (secondary N) is 1. The standard InChI is InChI=1S/C16H9Cl2N5/c17-9-4-5-11(13(18)6-9)15-12(7-19-8-20-15)10-2-1-3-14-16(10)22-23-21-14/h1-8H,(H,21,22,23). The molecule has 0 unspecified atom stereocenters. The molecule has 0 aliphatic rings. The van der Waals surface area contributed by atoms with E-state index in [-0.39, 0.29) is 0 Å². The molecule has 2 heterocycles. The monoisotopic (exact) mass is 341 g/mol. The van der Waals surface area contributed by atoms with E-state index in [2.05, 4.69) is 25.4 Å². The summed E-state index contributed by atoms with van der Waals surface area (Å²) in [5, 5.41) is 12.1. The molecule has 0 spiro atoms. The normalized spacial score (nSPS) is 11.0. The molecule has 0 fully saturated rings. The van der Waals surface area contributed by atoms with Gasteiger partial charge in [-0.05, 0) is 24.3 Å². The van der Waals surface area contributed by atoms with E-state index in [4.69, 9.17) is 23.2 Å². The van der Waals surface area contributed by atoms with Gasteiger partial charge in [0.25, 0.3) is 0 Å². The highest BCUT2D eigenvalue weighted by atomic mass is 35.5. The molecule has 4 aromatic rings. The van der Waals surface area contributed by atoms with Crippen LogP contribution in [0.1, 0.15) is 0 Å². The van der Waals surface area contributed by atoms with Gasteiger partial charge in [-0.25, -0.2) is 9.97 Å². The lowest BCUT2D eigenvalue weighted by Crippen LogP contribution is -1.92. The molecule has 0 aliphatic heterocycles. The smallest absolute Gasteiger partial charge is 0.120 e. The van der Waals surface area contributed by atoms with Gasteiger partial charge in [-0.15, -0.1) is 0 Å². The first kappa shape index (κ1) is 14.1. The first-order valence-corrected chi connectivity index (χ1v) is 7.55. The second-order valence-electron chi connectivity index (χ2n) is 4.91. The molecule has 0 saturated carbocycles. The molecule has 4 rings (SSSR count). The first-order valence-electron chi connectivity index (χ1n) is 6.79. The third-order valence-electron chi connectivity index (χ3n) is 3.54. The number of H-pyrrole nitrogens is 1. The van der Waals surface area contributed by atoms with Crippen molar-refractivity contribution in [1.29, 1.82) is 0 Å². The highest BCUT2D eigenvalue weighted by Gasteiger charge is 2.15. The van der Waals surface area contributed by atoms with Crippen LogP contribution >= 0.6 is 23.2 Å². The van der Waals surface area contributed by atoms with Crippen LogP contribution in [0.15, 0.2) is 48.9 Å². The van der Waals surface area contributed by atoms with E-state index >= 15 is 0 Å². The Hall–Kier alpha value is -2.50. The van der Waals surface area contributed by atoms with Crippen molar-refractivity contribution >= 4 is 34.2 Å². The summed E-state index contributed by atoms with van der Waals surface area (Å²) in [7, 11) is 0. The van der Waals surface area contributed by atoms with Crippen molar-refractivity contribution in [3.05, 3.63) is 59.0 Å². The van der Waals surface area contributed by atoms with E-state index in [9.17, 15) is 0 Å². The van der Waals surface area contributed by atoms with Gasteiger partial charge in [0, 0.05) is 27.9 Å². The molecule has 1 N–H and O–H groups in total. The van der Waals surface area contributed by atoms with E-state index in [1.54, 1.807) is 18.3 Å². The minimum absolute atomic E-state index is 0.532. The first-order chi connectivity index (χ1) is 11.2. The molecule has 0 saturated heterocycles. The maximum absolute atomic E-state index is 6.34. The Morgan fingerprint density at radius 1 is 0.913 bits per heavy atom. The zero-order chi connectivity index (χ0) is 15.8. The fraction of sp³-hybridized carbons (Fsp3) is 0. The maximum Gasteiger partial charge on any atom is 0.120 e. The predicted octanol–water partition coefficient (Wildman–Crippen LogP) is 4.39. The molecule has 0 bridgehead atoms. The number of rotatable bonds is 2. The second kappa shape index (κ2) is 5.61. The van der Waals surface area contributed by atoms with Gasteiger partial charge >= 0.3 is 0 Å². The summed E-state index contributed by atoms with van der Waals surface area (Å²) in [6.07, 6.45) is 3.24. The number of halogens is 2. The predicted molar refractivity (Wildman–Crippen MR) is 90.4 cm³/mol. The number of nitrogens with zero attached hydrogens (tertiary/aromatic N) is 4. The van der Waals surface area contributed by atoms with Gasteiger partial charge in [0.15, 0.2) is 0 Å². The lowest BCUT2D eigenvalue weighted by molar-refractivity contribution is 0.959. The van der Waals surface area contributed by atoms with E-state index in [1.807, 2.05) is 24.3 Å². The number of fused-ring (bicyclic) bond motifs is 1. The van der Waals surface area contributed by atoms with Crippen LogP contribution in [0.5, 0.6) is 0 Å². The summed E-state index contributed by atoms with van der Waals surface area (Å²) in [5.74, 6) is 0. The van der Waals surface area contributed by atoms with Crippen molar-refractivity contribution in [2.24, 2.45) is 0 Å². The SMILES string of the molecule is Clc1ccc(-c2ncncc2-c2cccc3n[nH]nc23)c(Cl)c1. The summed E-state index contributed by atoms with van der Waals surface area (Å²) < 4.78 is 0. The third-order valence-corrected chi connectivity index (χ3v) is 4.08. The van der Waals surface area contributed by atoms with Crippen molar-refractivity contribution < 1.29 is 0 Å². The Balaban J connectivity index is 1.99. The molecule has 0 atom stereocenters. The van der Waals surface area contributed by atoms with Crippen LogP contribution in [0, 0.1) is 0 Å². The minimum Gasteiger partial charge on any atom is -0.244 e. The lowest BCUT2D eigenvalue weighted by atomic mass is 10.00. The average molecular weight is 342 g/mol. The molecule has 7 heteroatoms. The average Bonchev–Trinajstić information content (AvgIpc) is 3.04. The molecule has 112 valence electrons. The molecule has 0 radical (unpaired) electrons. The summed E-state index contributed by atoms with van der Waals surface area (Å²) >= 11 is 12.3.